The molecule has 0 heterocycles. The minimum Gasteiger partial charge on any atom is -0.466 e. The van der Waals surface area contributed by atoms with Gasteiger partial charge in [-0.25, -0.2) is 0 Å². The second kappa shape index (κ2) is 6.12. The molecule has 0 aliphatic carbocycles. The monoisotopic (exact) mass is 159 g/mol. The first-order valence-electron chi connectivity index (χ1n) is 2.57. The van der Waals surface area contributed by atoms with Gasteiger partial charge < -0.3 is 4.74 Å². The van der Waals surface area contributed by atoms with Crippen LogP contribution < -0.4 is 0 Å². The van der Waals surface area contributed by atoms with Crippen LogP contribution in [0.3, 0.4) is 0 Å². The van der Waals surface area contributed by atoms with Crippen LogP contribution in [0.5, 0.6) is 0 Å². The van der Waals surface area contributed by atoms with Crippen molar-refractivity contribution >= 4 is 18.1 Å². The van der Waals surface area contributed by atoms with Gasteiger partial charge in [0.1, 0.15) is 6.61 Å². The number of alkyl halides is 1. The highest BCUT2D eigenvalue weighted by Crippen LogP contribution is 1.96. The van der Waals surface area contributed by atoms with Crippen molar-refractivity contribution in [1.29, 1.82) is 5.26 Å². The highest BCUT2D eigenvalue weighted by molar-refractivity contribution is 6.21. The fourth-order valence-corrected chi connectivity index (χ4v) is 0.480. The first-order valence-corrected chi connectivity index (χ1v) is 3.00. The molecule has 3 nitrogen and oxygen atoms in total. The molecule has 10 heavy (non-hydrogen) atoms. The van der Waals surface area contributed by atoms with Gasteiger partial charge in [-0.1, -0.05) is 6.08 Å². The Morgan fingerprint density at radius 3 is 3.00 bits per heavy atom. The normalized spacial score (nSPS) is 12.4. The standard InChI is InChI=1S/C6H6ClNO2/c7-6(2-1-3-8)4-10-5-9/h1-2,5-6H,4H2/b2-1+. The molecule has 1 unspecified atom stereocenters. The molecular weight excluding hydrogens is 154 g/mol. The van der Waals surface area contributed by atoms with Crippen molar-refractivity contribution in [2.75, 3.05) is 6.61 Å². The Hall–Kier alpha value is -1.01. The van der Waals surface area contributed by atoms with Gasteiger partial charge in [-0.2, -0.15) is 5.26 Å². The van der Waals surface area contributed by atoms with Gasteiger partial charge in [0.05, 0.1) is 11.4 Å². The third-order valence-corrected chi connectivity index (χ3v) is 0.975. The average molecular weight is 160 g/mol. The molecule has 0 aromatic rings. The molecule has 0 radical (unpaired) electrons. The third-order valence-electron chi connectivity index (χ3n) is 0.703. The zero-order valence-corrected chi connectivity index (χ0v) is 5.91. The predicted molar refractivity (Wildman–Crippen MR) is 36.4 cm³/mol. The van der Waals surface area contributed by atoms with E-state index in [0.717, 1.165) is 0 Å². The number of carbonyl (C=O) groups is 1. The zero-order valence-electron chi connectivity index (χ0n) is 5.16. The quantitative estimate of drug-likeness (QED) is 0.347. The Kier molecular flexibility index (Phi) is 5.50. The van der Waals surface area contributed by atoms with Crippen LogP contribution in [-0.4, -0.2) is 18.5 Å². The van der Waals surface area contributed by atoms with E-state index in [1.807, 2.05) is 0 Å². The summed E-state index contributed by atoms with van der Waals surface area (Å²) in [6.45, 7) is 0.416. The van der Waals surface area contributed by atoms with Crippen molar-refractivity contribution in [1.82, 2.24) is 0 Å². The van der Waals surface area contributed by atoms with Crippen LogP contribution in [-0.2, 0) is 9.53 Å². The van der Waals surface area contributed by atoms with E-state index < -0.39 is 5.38 Å². The molecule has 0 fully saturated rings. The molecule has 0 rings (SSSR count). The lowest BCUT2D eigenvalue weighted by molar-refractivity contribution is -0.128. The molecule has 0 saturated carbocycles. The zero-order chi connectivity index (χ0) is 7.82. The van der Waals surface area contributed by atoms with E-state index in [0.29, 0.717) is 6.47 Å². The average Bonchev–Trinajstić information content (AvgIpc) is 1.97. The van der Waals surface area contributed by atoms with Crippen molar-refractivity contribution in [2.45, 2.75) is 5.38 Å². The van der Waals surface area contributed by atoms with Gasteiger partial charge in [0.15, 0.2) is 0 Å². The van der Waals surface area contributed by atoms with Gasteiger partial charge in [0, 0.05) is 6.08 Å². The van der Waals surface area contributed by atoms with Crippen LogP contribution in [0, 0.1) is 11.3 Å². The molecule has 0 N–H and O–H groups in total. The molecule has 4 heteroatoms. The number of carbonyl (C=O) groups excluding carboxylic acids is 1. The summed E-state index contributed by atoms with van der Waals surface area (Å²) in [5.74, 6) is 0. The summed E-state index contributed by atoms with van der Waals surface area (Å²) in [7, 11) is 0. The number of nitriles is 1. The topological polar surface area (TPSA) is 50.1 Å². The molecule has 0 aliphatic heterocycles. The number of nitrogens with zero attached hydrogens (tertiary/aromatic N) is 1. The molecule has 0 spiro atoms. The minimum atomic E-state index is -0.412. The second-order valence-electron chi connectivity index (χ2n) is 1.43. The molecule has 0 amide bonds. The summed E-state index contributed by atoms with van der Waals surface area (Å²) in [5.41, 5.74) is 0. The number of hydrogen-bond acceptors (Lipinski definition) is 3. The highest BCUT2D eigenvalue weighted by Gasteiger charge is 1.96. The van der Waals surface area contributed by atoms with Crippen molar-refractivity contribution in [2.24, 2.45) is 0 Å². The summed E-state index contributed by atoms with van der Waals surface area (Å²) in [5, 5.41) is 7.62. The van der Waals surface area contributed by atoms with Crippen LogP contribution >= 0.6 is 11.6 Å². The van der Waals surface area contributed by atoms with E-state index in [-0.39, 0.29) is 6.61 Å². The number of allylic oxidation sites excluding steroid dienone is 1. The maximum Gasteiger partial charge on any atom is 0.293 e. The Bertz CT molecular complexity index is 162. The molecule has 0 aromatic carbocycles. The first-order chi connectivity index (χ1) is 4.81. The smallest absolute Gasteiger partial charge is 0.293 e. The molecule has 0 bridgehead atoms. The lowest BCUT2D eigenvalue weighted by atomic mass is 10.4. The summed E-state index contributed by atoms with van der Waals surface area (Å²) in [4.78, 5) is 9.61. The maximum atomic E-state index is 9.61. The SMILES string of the molecule is N#C/C=C/C(Cl)COC=O. The fourth-order valence-electron chi connectivity index (χ4n) is 0.334. The Labute approximate surface area is 63.8 Å². The van der Waals surface area contributed by atoms with Gasteiger partial charge in [-0.05, 0) is 0 Å². The number of ether oxygens (including phenoxy) is 1. The fraction of sp³-hybridized carbons (Fsp3) is 0.333. The summed E-state index contributed by atoms with van der Waals surface area (Å²) >= 11 is 5.52. The summed E-state index contributed by atoms with van der Waals surface area (Å²) in [6.07, 6.45) is 2.69. The lowest BCUT2D eigenvalue weighted by Crippen LogP contribution is -2.04. The third kappa shape index (κ3) is 5.13. The van der Waals surface area contributed by atoms with Gasteiger partial charge in [-0.15, -0.1) is 11.6 Å². The molecular formula is C6H6ClNO2. The van der Waals surface area contributed by atoms with E-state index in [2.05, 4.69) is 4.74 Å². The van der Waals surface area contributed by atoms with Crippen LogP contribution in [0.25, 0.3) is 0 Å². The first kappa shape index (κ1) is 8.99. The van der Waals surface area contributed by atoms with Gasteiger partial charge in [0.2, 0.25) is 0 Å². The van der Waals surface area contributed by atoms with Crippen LogP contribution in [0.15, 0.2) is 12.2 Å². The number of rotatable bonds is 4. The largest absolute Gasteiger partial charge is 0.466 e. The minimum absolute atomic E-state index is 0.100. The van der Waals surface area contributed by atoms with Crippen molar-refractivity contribution in [3.05, 3.63) is 12.2 Å². The molecule has 0 aliphatic rings. The van der Waals surface area contributed by atoms with Crippen LogP contribution in [0.1, 0.15) is 0 Å². The van der Waals surface area contributed by atoms with E-state index >= 15 is 0 Å². The summed E-state index contributed by atoms with van der Waals surface area (Å²) < 4.78 is 4.32. The molecule has 0 aromatic heterocycles. The molecule has 0 saturated heterocycles. The van der Waals surface area contributed by atoms with E-state index in [9.17, 15) is 4.79 Å². The van der Waals surface area contributed by atoms with Crippen molar-refractivity contribution < 1.29 is 9.53 Å². The Morgan fingerprint density at radius 1 is 1.80 bits per heavy atom. The Balaban J connectivity index is 3.44. The van der Waals surface area contributed by atoms with E-state index in [1.165, 1.54) is 12.2 Å². The van der Waals surface area contributed by atoms with Gasteiger partial charge >= 0.3 is 0 Å². The van der Waals surface area contributed by atoms with E-state index in [4.69, 9.17) is 16.9 Å². The van der Waals surface area contributed by atoms with Crippen molar-refractivity contribution in [3.63, 3.8) is 0 Å². The Morgan fingerprint density at radius 2 is 2.50 bits per heavy atom. The highest BCUT2D eigenvalue weighted by atomic mass is 35.5. The van der Waals surface area contributed by atoms with E-state index in [1.54, 1.807) is 6.07 Å². The number of hydrogen-bond donors (Lipinski definition) is 0. The maximum absolute atomic E-state index is 9.61. The van der Waals surface area contributed by atoms with Gasteiger partial charge in [0.25, 0.3) is 6.47 Å². The predicted octanol–water partition coefficient (Wildman–Crippen LogP) is 0.847. The van der Waals surface area contributed by atoms with Crippen molar-refractivity contribution in [3.8, 4) is 6.07 Å². The summed E-state index contributed by atoms with van der Waals surface area (Å²) in [6, 6.07) is 1.77. The van der Waals surface area contributed by atoms with Gasteiger partial charge in [-0.3, -0.25) is 4.79 Å². The molecule has 1 atom stereocenters. The second-order valence-corrected chi connectivity index (χ2v) is 1.99. The molecule has 54 valence electrons. The van der Waals surface area contributed by atoms with Crippen LogP contribution in [0.4, 0.5) is 0 Å². The van der Waals surface area contributed by atoms with Crippen LogP contribution in [0.2, 0.25) is 0 Å². The lowest BCUT2D eigenvalue weighted by Gasteiger charge is -1.98. The number of halogens is 1.